The van der Waals surface area contributed by atoms with Crippen LogP contribution in [-0.4, -0.2) is 56.1 Å². The smallest absolute Gasteiger partial charge is 0.337 e. The van der Waals surface area contributed by atoms with Crippen LogP contribution in [0.15, 0.2) is 47.6 Å². The lowest BCUT2D eigenvalue weighted by atomic mass is 10.0. The number of rotatable bonds is 6. The molecule has 160 valence electrons. The Hall–Kier alpha value is -2.65. The third-order valence-corrected chi connectivity index (χ3v) is 7.73. The topological polar surface area (TPSA) is 95.0 Å². The van der Waals surface area contributed by atoms with Crippen molar-refractivity contribution in [1.29, 1.82) is 0 Å². The maximum absolute atomic E-state index is 13.6. The molecule has 1 aromatic heterocycles. The summed E-state index contributed by atoms with van der Waals surface area (Å²) in [6.45, 7) is 0. The minimum Gasteiger partial charge on any atom is -0.495 e. The van der Waals surface area contributed by atoms with Crippen molar-refractivity contribution in [3.8, 4) is 11.5 Å². The summed E-state index contributed by atoms with van der Waals surface area (Å²) in [6, 6.07) is 7.64. The Bertz CT molecular complexity index is 1010. The predicted octanol–water partition coefficient (Wildman–Crippen LogP) is 2.64. The molecule has 0 N–H and O–H groups in total. The number of pyridine rings is 1. The van der Waals surface area contributed by atoms with E-state index in [-0.39, 0.29) is 34.4 Å². The number of esters is 1. The van der Waals surface area contributed by atoms with E-state index >= 15 is 0 Å². The highest BCUT2D eigenvalue weighted by molar-refractivity contribution is 7.89. The molecule has 1 aromatic carbocycles. The molecule has 0 unspecified atom stereocenters. The Labute approximate surface area is 175 Å². The van der Waals surface area contributed by atoms with Crippen LogP contribution in [0.25, 0.3) is 0 Å². The number of ether oxygens (including phenoxy) is 3. The number of sulfonamides is 1. The number of carbonyl (C=O) groups excluding carboxylic acids is 1. The Morgan fingerprint density at radius 2 is 1.87 bits per heavy atom. The van der Waals surface area contributed by atoms with Gasteiger partial charge in [0.25, 0.3) is 0 Å². The first kappa shape index (κ1) is 20.6. The third kappa shape index (κ3) is 3.75. The number of carbonyl (C=O) groups is 1. The minimum atomic E-state index is -3.87. The van der Waals surface area contributed by atoms with Gasteiger partial charge in [-0.2, -0.15) is 4.31 Å². The van der Waals surface area contributed by atoms with Crippen LogP contribution in [0.2, 0.25) is 0 Å². The Morgan fingerprint density at radius 1 is 1.13 bits per heavy atom. The summed E-state index contributed by atoms with van der Waals surface area (Å²) in [5, 5.41) is 0. The van der Waals surface area contributed by atoms with Crippen LogP contribution >= 0.6 is 0 Å². The van der Waals surface area contributed by atoms with Crippen molar-refractivity contribution in [2.75, 3.05) is 14.2 Å². The van der Waals surface area contributed by atoms with E-state index < -0.39 is 16.0 Å². The van der Waals surface area contributed by atoms with E-state index in [1.54, 1.807) is 16.7 Å². The first-order valence-electron chi connectivity index (χ1n) is 9.80. The van der Waals surface area contributed by atoms with E-state index in [9.17, 15) is 13.2 Å². The van der Waals surface area contributed by atoms with Gasteiger partial charge in [0, 0.05) is 31.1 Å². The summed E-state index contributed by atoms with van der Waals surface area (Å²) < 4.78 is 44.8. The number of nitrogens with zero attached hydrogens (tertiary/aromatic N) is 2. The SMILES string of the molecule is COC(=O)c1ccc(OC)c(S(=O)(=O)N2[C@H]3CC[C@H]2CC(Oc2cccnc2)C3)c1. The van der Waals surface area contributed by atoms with Crippen molar-refractivity contribution in [3.05, 3.63) is 48.3 Å². The highest BCUT2D eigenvalue weighted by Gasteiger charge is 2.48. The molecule has 30 heavy (non-hydrogen) atoms. The number of hydrogen-bond acceptors (Lipinski definition) is 7. The van der Waals surface area contributed by atoms with E-state index in [2.05, 4.69) is 4.98 Å². The fourth-order valence-corrected chi connectivity index (χ4v) is 6.50. The van der Waals surface area contributed by atoms with Gasteiger partial charge in [0.05, 0.1) is 26.0 Å². The molecule has 0 spiro atoms. The number of methoxy groups -OCH3 is 2. The maximum atomic E-state index is 13.6. The first-order valence-corrected chi connectivity index (χ1v) is 11.2. The van der Waals surface area contributed by atoms with Crippen LogP contribution in [0.3, 0.4) is 0 Å². The number of aromatic nitrogens is 1. The van der Waals surface area contributed by atoms with Crippen LogP contribution in [0, 0.1) is 0 Å². The normalized spacial score (nSPS) is 23.7. The number of hydrogen-bond donors (Lipinski definition) is 0. The van der Waals surface area contributed by atoms with Gasteiger partial charge in [-0.15, -0.1) is 0 Å². The van der Waals surface area contributed by atoms with Crippen LogP contribution in [-0.2, 0) is 14.8 Å². The average Bonchev–Trinajstić information content (AvgIpc) is 3.05. The van der Waals surface area contributed by atoms with Crippen molar-refractivity contribution in [2.24, 2.45) is 0 Å². The highest BCUT2D eigenvalue weighted by atomic mass is 32.2. The second kappa shape index (κ2) is 8.23. The largest absolute Gasteiger partial charge is 0.495 e. The minimum absolute atomic E-state index is 0.0172. The van der Waals surface area contributed by atoms with Crippen molar-refractivity contribution in [3.63, 3.8) is 0 Å². The zero-order valence-electron chi connectivity index (χ0n) is 16.9. The summed E-state index contributed by atoms with van der Waals surface area (Å²) in [7, 11) is -1.20. The van der Waals surface area contributed by atoms with Gasteiger partial charge < -0.3 is 14.2 Å². The average molecular weight is 432 g/mol. The van der Waals surface area contributed by atoms with Gasteiger partial charge in [-0.1, -0.05) is 0 Å². The van der Waals surface area contributed by atoms with E-state index in [1.807, 2.05) is 12.1 Å². The molecule has 0 aliphatic carbocycles. The zero-order chi connectivity index (χ0) is 21.3. The van der Waals surface area contributed by atoms with Gasteiger partial charge in [-0.05, 0) is 43.2 Å². The fourth-order valence-electron chi connectivity index (χ4n) is 4.42. The molecule has 3 heterocycles. The van der Waals surface area contributed by atoms with Crippen molar-refractivity contribution in [1.82, 2.24) is 9.29 Å². The van der Waals surface area contributed by atoms with Crippen LogP contribution in [0.5, 0.6) is 11.5 Å². The van der Waals surface area contributed by atoms with Gasteiger partial charge >= 0.3 is 5.97 Å². The molecule has 2 bridgehead atoms. The maximum Gasteiger partial charge on any atom is 0.337 e. The lowest BCUT2D eigenvalue weighted by Crippen LogP contribution is -2.49. The highest BCUT2D eigenvalue weighted by Crippen LogP contribution is 2.42. The molecule has 2 aliphatic heterocycles. The number of benzene rings is 1. The molecule has 8 nitrogen and oxygen atoms in total. The van der Waals surface area contributed by atoms with Gasteiger partial charge in [0.2, 0.25) is 10.0 Å². The Kier molecular flexibility index (Phi) is 5.66. The van der Waals surface area contributed by atoms with Crippen LogP contribution < -0.4 is 9.47 Å². The molecule has 2 atom stereocenters. The molecule has 4 rings (SSSR count). The lowest BCUT2D eigenvalue weighted by Gasteiger charge is -2.38. The predicted molar refractivity (Wildman–Crippen MR) is 108 cm³/mol. The van der Waals surface area contributed by atoms with Crippen molar-refractivity contribution < 1.29 is 27.4 Å². The van der Waals surface area contributed by atoms with Gasteiger partial charge in [-0.3, -0.25) is 4.98 Å². The van der Waals surface area contributed by atoms with Gasteiger partial charge in [0.15, 0.2) is 0 Å². The number of fused-ring (bicyclic) bond motifs is 2. The summed E-state index contributed by atoms with van der Waals surface area (Å²) in [6.07, 6.45) is 6.02. The molecule has 2 aliphatic rings. The molecule has 2 saturated heterocycles. The zero-order valence-corrected chi connectivity index (χ0v) is 17.7. The van der Waals surface area contributed by atoms with Crippen molar-refractivity contribution >= 4 is 16.0 Å². The second-order valence-electron chi connectivity index (χ2n) is 7.48. The van der Waals surface area contributed by atoms with Crippen LogP contribution in [0.1, 0.15) is 36.0 Å². The summed E-state index contributed by atoms with van der Waals surface area (Å²) in [4.78, 5) is 16.0. The van der Waals surface area contributed by atoms with Gasteiger partial charge in [-0.25, -0.2) is 13.2 Å². The molecular weight excluding hydrogens is 408 g/mol. The second-order valence-corrected chi connectivity index (χ2v) is 9.29. The molecule has 0 saturated carbocycles. The summed E-state index contributed by atoms with van der Waals surface area (Å²) in [5.74, 6) is 0.294. The molecule has 0 amide bonds. The number of piperidine rings is 1. The summed E-state index contributed by atoms with van der Waals surface area (Å²) >= 11 is 0. The first-order chi connectivity index (χ1) is 14.4. The van der Waals surface area contributed by atoms with E-state index in [0.29, 0.717) is 18.6 Å². The van der Waals surface area contributed by atoms with Crippen molar-refractivity contribution in [2.45, 2.75) is 48.8 Å². The monoisotopic (exact) mass is 432 g/mol. The van der Waals surface area contributed by atoms with E-state index in [0.717, 1.165) is 12.8 Å². The van der Waals surface area contributed by atoms with E-state index in [4.69, 9.17) is 14.2 Å². The molecule has 2 fully saturated rings. The molecule has 2 aromatic rings. The molecule has 0 radical (unpaired) electrons. The summed E-state index contributed by atoms with van der Waals surface area (Å²) in [5.41, 5.74) is 0.166. The van der Waals surface area contributed by atoms with Crippen LogP contribution in [0.4, 0.5) is 0 Å². The molecule has 9 heteroatoms. The Morgan fingerprint density at radius 3 is 2.47 bits per heavy atom. The van der Waals surface area contributed by atoms with Gasteiger partial charge in [0.1, 0.15) is 22.5 Å². The lowest BCUT2D eigenvalue weighted by molar-refractivity contribution is 0.0600. The Balaban J connectivity index is 1.61. The quantitative estimate of drug-likeness (QED) is 0.648. The fraction of sp³-hybridized carbons (Fsp3) is 0.429. The third-order valence-electron chi connectivity index (χ3n) is 5.70. The standard InChI is InChI=1S/C21H24N2O6S/c1-27-19-8-5-14(21(24)28-2)10-20(19)30(25,26)23-15-6-7-16(23)12-18(11-15)29-17-4-3-9-22-13-17/h3-5,8-10,13,15-16,18H,6-7,11-12H2,1-2H3/t15-,16-/m0/s1. The van der Waals surface area contributed by atoms with E-state index in [1.165, 1.54) is 32.4 Å². The molecular formula is C21H24N2O6S.